The van der Waals surface area contributed by atoms with Crippen molar-refractivity contribution in [1.29, 1.82) is 5.26 Å². The van der Waals surface area contributed by atoms with Crippen LogP contribution in [0.25, 0.3) is 0 Å². The Morgan fingerprint density at radius 3 is 2.22 bits per heavy atom. The molecule has 55 heavy (non-hydrogen) atoms. The van der Waals surface area contributed by atoms with Gasteiger partial charge in [-0.25, -0.2) is 14.5 Å². The van der Waals surface area contributed by atoms with Gasteiger partial charge in [-0.3, -0.25) is 24.0 Å². The molecule has 1 fully saturated rings. The van der Waals surface area contributed by atoms with Crippen molar-refractivity contribution in [2.75, 3.05) is 41.9 Å². The molecule has 0 bridgehead atoms. The fourth-order valence-electron chi connectivity index (χ4n) is 5.70. The number of esters is 2. The number of aryl methyl sites for hydroxylation is 1. The summed E-state index contributed by atoms with van der Waals surface area (Å²) in [5.41, 5.74) is -0.144. The number of anilines is 3. The van der Waals surface area contributed by atoms with Gasteiger partial charge in [-0.05, 0) is 89.4 Å². The summed E-state index contributed by atoms with van der Waals surface area (Å²) < 4.78 is 26.7. The molecule has 17 heteroatoms. The molecule has 2 aromatic carbocycles. The van der Waals surface area contributed by atoms with Gasteiger partial charge < -0.3 is 38.8 Å². The zero-order valence-electron chi connectivity index (χ0n) is 32.0. The number of nitrogens with one attached hydrogen (secondary N) is 1. The molecule has 1 N–H and O–H groups in total. The summed E-state index contributed by atoms with van der Waals surface area (Å²) in [4.78, 5) is 94.5. The number of carbonyl (C=O) groups is 7. The molecule has 0 saturated carbocycles. The number of methoxy groups -OCH3 is 1. The van der Waals surface area contributed by atoms with Crippen LogP contribution in [0.3, 0.4) is 0 Å². The van der Waals surface area contributed by atoms with Crippen molar-refractivity contribution in [2.24, 2.45) is 0 Å². The molecular weight excluding hydrogens is 718 g/mol. The third-order valence-corrected chi connectivity index (χ3v) is 8.09. The van der Waals surface area contributed by atoms with Crippen molar-refractivity contribution in [1.82, 2.24) is 4.90 Å². The van der Waals surface area contributed by atoms with Crippen LogP contribution in [0.4, 0.5) is 26.7 Å². The lowest BCUT2D eigenvalue weighted by Crippen LogP contribution is -2.56. The molecule has 2 aromatic rings. The summed E-state index contributed by atoms with van der Waals surface area (Å²) in [7, 11) is 1.21. The van der Waals surface area contributed by atoms with Crippen molar-refractivity contribution >= 4 is 58.9 Å². The molecule has 0 radical (unpaired) electrons. The minimum absolute atomic E-state index is 0.0538. The van der Waals surface area contributed by atoms with Crippen LogP contribution in [0.5, 0.6) is 0 Å². The number of imide groups is 1. The van der Waals surface area contributed by atoms with Crippen LogP contribution in [0.15, 0.2) is 36.4 Å². The van der Waals surface area contributed by atoms with Crippen LogP contribution in [0.2, 0.25) is 0 Å². The van der Waals surface area contributed by atoms with E-state index in [-0.39, 0.29) is 48.8 Å². The van der Waals surface area contributed by atoms with Crippen molar-refractivity contribution in [3.8, 4) is 6.07 Å². The molecular formula is C38H45N5O12. The van der Waals surface area contributed by atoms with E-state index >= 15 is 0 Å². The summed E-state index contributed by atoms with van der Waals surface area (Å²) in [5, 5.41) is 12.4. The molecule has 1 saturated heterocycles. The van der Waals surface area contributed by atoms with Crippen LogP contribution < -0.4 is 15.1 Å². The first-order valence-electron chi connectivity index (χ1n) is 17.4. The molecule has 2 aliphatic rings. The molecule has 4 rings (SSSR count). The molecule has 17 nitrogen and oxygen atoms in total. The van der Waals surface area contributed by atoms with E-state index in [1.54, 1.807) is 59.7 Å². The van der Waals surface area contributed by atoms with E-state index < -0.39 is 65.9 Å². The van der Waals surface area contributed by atoms with Gasteiger partial charge in [-0.1, -0.05) is 6.07 Å². The highest BCUT2D eigenvalue weighted by Crippen LogP contribution is 2.33. The number of morpholine rings is 1. The number of hydrogen-bond donors (Lipinski definition) is 1. The van der Waals surface area contributed by atoms with Gasteiger partial charge in [0, 0.05) is 37.0 Å². The van der Waals surface area contributed by atoms with Gasteiger partial charge in [-0.2, -0.15) is 5.26 Å². The third kappa shape index (κ3) is 10.8. The number of nitriles is 1. The normalized spacial score (nSPS) is 16.2. The number of rotatable bonds is 9. The Morgan fingerprint density at radius 2 is 1.64 bits per heavy atom. The lowest BCUT2D eigenvalue weighted by Gasteiger charge is -2.36. The van der Waals surface area contributed by atoms with E-state index in [9.17, 15) is 38.8 Å². The summed E-state index contributed by atoms with van der Waals surface area (Å²) >= 11 is 0. The first kappa shape index (κ1) is 41.7. The number of hydrogen-bond acceptors (Lipinski definition) is 13. The molecule has 0 aromatic heterocycles. The standard InChI is InChI=1S/C38H45N5O12/c1-22(44)53-31(32-34(48)41(15-16-52-32)27-13-10-23-11-14-29(45)42(28(23)18-27)21-30(46)51-8)33(47)40-26-12-9-24(19-39)25(17-26)20-43(35(49)54-37(2,3)4)36(50)55-38(5,6)7/h9-10,12-13,17-18,31-32H,11,14-16,20-21H2,1-8H3,(H,40,47)/t31-,32-/m1/s1. The minimum Gasteiger partial charge on any atom is -0.468 e. The molecule has 5 amide bonds. The van der Waals surface area contributed by atoms with E-state index in [0.717, 1.165) is 12.5 Å². The predicted octanol–water partition coefficient (Wildman–Crippen LogP) is 3.98. The van der Waals surface area contributed by atoms with E-state index in [1.807, 2.05) is 6.07 Å². The molecule has 2 atom stereocenters. The molecule has 0 unspecified atom stereocenters. The summed E-state index contributed by atoms with van der Waals surface area (Å²) in [6.07, 6.45) is -4.84. The van der Waals surface area contributed by atoms with E-state index in [4.69, 9.17) is 23.7 Å². The number of nitrogens with zero attached hydrogens (tertiary/aromatic N) is 4. The number of fused-ring (bicyclic) bond motifs is 1. The number of carbonyl (C=O) groups excluding carboxylic acids is 7. The predicted molar refractivity (Wildman–Crippen MR) is 195 cm³/mol. The topological polar surface area (TPSA) is 211 Å². The average molecular weight is 764 g/mol. The highest BCUT2D eigenvalue weighted by Gasteiger charge is 2.43. The zero-order chi connectivity index (χ0) is 40.8. The van der Waals surface area contributed by atoms with E-state index in [1.165, 1.54) is 35.1 Å². The van der Waals surface area contributed by atoms with Crippen LogP contribution in [-0.2, 0) is 60.6 Å². The largest absolute Gasteiger partial charge is 0.468 e. The Labute approximate surface area is 318 Å². The lowest BCUT2D eigenvalue weighted by atomic mass is 9.99. The maximum atomic E-state index is 14.0. The molecule has 2 heterocycles. The number of amides is 5. The number of benzene rings is 2. The molecule has 2 aliphatic heterocycles. The van der Waals surface area contributed by atoms with Gasteiger partial charge in [0.2, 0.25) is 12.0 Å². The van der Waals surface area contributed by atoms with Crippen molar-refractivity contribution in [3.05, 3.63) is 53.1 Å². The second-order valence-electron chi connectivity index (χ2n) is 14.7. The Kier molecular flexibility index (Phi) is 12.9. The monoisotopic (exact) mass is 763 g/mol. The minimum atomic E-state index is -1.79. The average Bonchev–Trinajstić information content (AvgIpc) is 3.09. The van der Waals surface area contributed by atoms with Gasteiger partial charge in [0.05, 0.1) is 31.9 Å². The van der Waals surface area contributed by atoms with Gasteiger partial charge >= 0.3 is 24.1 Å². The lowest BCUT2D eigenvalue weighted by molar-refractivity contribution is -0.167. The van der Waals surface area contributed by atoms with Crippen LogP contribution in [0.1, 0.15) is 71.6 Å². The Balaban J connectivity index is 1.61. The highest BCUT2D eigenvalue weighted by molar-refractivity contribution is 6.06. The van der Waals surface area contributed by atoms with E-state index in [0.29, 0.717) is 22.7 Å². The first-order valence-corrected chi connectivity index (χ1v) is 17.4. The summed E-state index contributed by atoms with van der Waals surface area (Å²) in [6, 6.07) is 11.1. The molecule has 0 aliphatic carbocycles. The quantitative estimate of drug-likeness (QED) is 0.283. The van der Waals surface area contributed by atoms with Gasteiger partial charge in [0.25, 0.3) is 11.8 Å². The second kappa shape index (κ2) is 17.0. The maximum absolute atomic E-state index is 14.0. The maximum Gasteiger partial charge on any atom is 0.420 e. The SMILES string of the molecule is COC(=O)CN1C(=O)CCc2ccc(N3CCO[C@H]([C@@H](OC(C)=O)C(=O)Nc4ccc(C#N)c(CN(C(=O)OC(C)(C)C)C(=O)OC(C)(C)C)c4)C3=O)cc21. The summed E-state index contributed by atoms with van der Waals surface area (Å²) in [5.74, 6) is -3.48. The Hall–Kier alpha value is -6.02. The second-order valence-corrected chi connectivity index (χ2v) is 14.7. The highest BCUT2D eigenvalue weighted by atomic mass is 16.6. The van der Waals surface area contributed by atoms with Crippen molar-refractivity contribution in [3.63, 3.8) is 0 Å². The summed E-state index contributed by atoms with van der Waals surface area (Å²) in [6.45, 7) is 9.95. The molecule has 0 spiro atoms. The Bertz CT molecular complexity index is 1880. The first-order chi connectivity index (χ1) is 25.7. The molecule has 294 valence electrons. The van der Waals surface area contributed by atoms with E-state index in [2.05, 4.69) is 5.32 Å². The Morgan fingerprint density at radius 1 is 0.982 bits per heavy atom. The fraction of sp³-hybridized carbons (Fsp3) is 0.474. The smallest absolute Gasteiger partial charge is 0.420 e. The van der Waals surface area contributed by atoms with Crippen molar-refractivity contribution in [2.45, 2.75) is 91.3 Å². The van der Waals surface area contributed by atoms with Crippen LogP contribution >= 0.6 is 0 Å². The van der Waals surface area contributed by atoms with Crippen molar-refractivity contribution < 1.29 is 57.2 Å². The van der Waals surface area contributed by atoms with Gasteiger partial charge in [0.1, 0.15) is 17.7 Å². The van der Waals surface area contributed by atoms with Gasteiger partial charge in [-0.15, -0.1) is 0 Å². The van der Waals surface area contributed by atoms with Crippen LogP contribution in [-0.4, -0.2) is 97.0 Å². The zero-order valence-corrected chi connectivity index (χ0v) is 32.0. The fourth-order valence-corrected chi connectivity index (χ4v) is 5.70. The van der Waals surface area contributed by atoms with Gasteiger partial charge in [0.15, 0.2) is 6.10 Å². The third-order valence-electron chi connectivity index (χ3n) is 8.09. The van der Waals surface area contributed by atoms with Crippen LogP contribution in [0, 0.1) is 11.3 Å². The number of ether oxygens (including phenoxy) is 5.